The molecule has 0 heterocycles. The van der Waals surface area contributed by atoms with Gasteiger partial charge in [0.2, 0.25) is 0 Å². The van der Waals surface area contributed by atoms with Gasteiger partial charge < -0.3 is 28.6 Å². The second kappa shape index (κ2) is 41.5. The number of carboxylic acid groups (broad SMARTS) is 1. The van der Waals surface area contributed by atoms with Gasteiger partial charge in [0.05, 0.1) is 40.3 Å². The summed E-state index contributed by atoms with van der Waals surface area (Å²) in [5, 5.41) is 11.6. The van der Waals surface area contributed by atoms with Crippen molar-refractivity contribution < 1.29 is 38.2 Å². The minimum atomic E-state index is -1.12. The molecule has 0 aliphatic rings. The summed E-state index contributed by atoms with van der Waals surface area (Å²) >= 11 is 0. The van der Waals surface area contributed by atoms with Crippen molar-refractivity contribution in [2.75, 3.05) is 41.0 Å². The lowest BCUT2D eigenvalue weighted by Gasteiger charge is -2.34. The van der Waals surface area contributed by atoms with Crippen molar-refractivity contribution in [2.24, 2.45) is 0 Å². The Morgan fingerprint density at radius 2 is 0.897 bits per heavy atom. The van der Waals surface area contributed by atoms with E-state index in [4.69, 9.17) is 14.2 Å². The van der Waals surface area contributed by atoms with Crippen LogP contribution in [0.2, 0.25) is 0 Å². The number of carbonyl (C=O) groups is 3. The molecule has 0 saturated heterocycles. The van der Waals surface area contributed by atoms with E-state index < -0.39 is 18.1 Å². The van der Waals surface area contributed by atoms with Crippen molar-refractivity contribution >= 4 is 17.9 Å². The Balaban J connectivity index is 4.26. The third-order valence-electron chi connectivity index (χ3n) is 11.1. The predicted octanol–water partition coefficient (Wildman–Crippen LogP) is 12.3. The number of hydrogen-bond acceptors (Lipinski definition) is 7. The number of likely N-dealkylation sites (N-methyl/N-ethyl adjacent to an activating group) is 1. The van der Waals surface area contributed by atoms with E-state index in [1.807, 2.05) is 0 Å². The topological polar surface area (TPSA) is 102 Å². The predicted molar refractivity (Wildman–Crippen MR) is 240 cm³/mol. The minimum Gasteiger partial charge on any atom is -0.544 e. The fourth-order valence-electron chi connectivity index (χ4n) is 7.30. The van der Waals surface area contributed by atoms with Gasteiger partial charge in [0.1, 0.15) is 12.6 Å². The number of carbonyl (C=O) groups excluding carboxylic acids is 3. The summed E-state index contributed by atoms with van der Waals surface area (Å²) in [6, 6.07) is -0.725. The second-order valence-corrected chi connectivity index (χ2v) is 17.7. The normalized spacial score (nSPS) is 13.1. The van der Waals surface area contributed by atoms with Crippen LogP contribution >= 0.6 is 0 Å². The van der Waals surface area contributed by atoms with E-state index in [2.05, 4.69) is 38.2 Å². The lowest BCUT2D eigenvalue weighted by molar-refractivity contribution is -0.889. The molecular weight excluding hydrogens is 727 g/mol. The molecule has 0 N–H and O–H groups in total. The van der Waals surface area contributed by atoms with Crippen LogP contribution in [0.15, 0.2) is 24.3 Å². The second-order valence-electron chi connectivity index (χ2n) is 17.7. The van der Waals surface area contributed by atoms with Crippen LogP contribution in [-0.4, -0.2) is 75.5 Å². The molecule has 2 atom stereocenters. The number of aliphatic carboxylic acids is 1. The van der Waals surface area contributed by atoms with Crippen LogP contribution in [0, 0.1) is 0 Å². The van der Waals surface area contributed by atoms with Crippen molar-refractivity contribution in [1.29, 1.82) is 0 Å². The average Bonchev–Trinajstić information content (AvgIpc) is 3.18. The lowest BCUT2D eigenvalue weighted by atomic mass is 10.0. The van der Waals surface area contributed by atoms with E-state index in [9.17, 15) is 19.5 Å². The van der Waals surface area contributed by atoms with Crippen LogP contribution in [0.4, 0.5) is 0 Å². The maximum atomic E-state index is 12.8. The van der Waals surface area contributed by atoms with Crippen LogP contribution in [0.25, 0.3) is 0 Å². The van der Waals surface area contributed by atoms with E-state index in [-0.39, 0.29) is 42.7 Å². The van der Waals surface area contributed by atoms with E-state index in [1.165, 1.54) is 141 Å². The van der Waals surface area contributed by atoms with E-state index in [0.29, 0.717) is 12.8 Å². The highest BCUT2D eigenvalue weighted by atomic mass is 16.6. The summed E-state index contributed by atoms with van der Waals surface area (Å²) in [6.45, 7) is 4.65. The van der Waals surface area contributed by atoms with Crippen molar-refractivity contribution in [2.45, 2.75) is 238 Å². The third kappa shape index (κ3) is 39.3. The molecule has 0 aliphatic heterocycles. The van der Waals surface area contributed by atoms with Crippen LogP contribution in [0.3, 0.4) is 0 Å². The summed E-state index contributed by atoms with van der Waals surface area (Å²) < 4.78 is 17.2. The number of rotatable bonds is 44. The fourth-order valence-corrected chi connectivity index (χ4v) is 7.30. The van der Waals surface area contributed by atoms with Crippen molar-refractivity contribution in [1.82, 2.24) is 0 Å². The highest BCUT2D eigenvalue weighted by Crippen LogP contribution is 2.16. The first-order chi connectivity index (χ1) is 28.1. The zero-order valence-corrected chi connectivity index (χ0v) is 38.7. The third-order valence-corrected chi connectivity index (χ3v) is 11.1. The Hall–Kier alpha value is -2.19. The number of esters is 2. The summed E-state index contributed by atoms with van der Waals surface area (Å²) in [4.78, 5) is 36.9. The van der Waals surface area contributed by atoms with Crippen LogP contribution in [0.5, 0.6) is 0 Å². The first-order valence-electron chi connectivity index (χ1n) is 24.4. The zero-order valence-electron chi connectivity index (χ0n) is 38.7. The van der Waals surface area contributed by atoms with Gasteiger partial charge in [-0.05, 0) is 38.5 Å². The number of carboxylic acids is 1. The van der Waals surface area contributed by atoms with E-state index in [0.717, 1.165) is 51.4 Å². The molecule has 0 aliphatic carbocycles. The summed E-state index contributed by atoms with van der Waals surface area (Å²) in [5.74, 6) is -1.74. The summed E-state index contributed by atoms with van der Waals surface area (Å²) in [5.41, 5.74) is 0. The fraction of sp³-hybridized carbons (Fsp3) is 0.860. The maximum absolute atomic E-state index is 12.8. The molecule has 0 spiro atoms. The Bertz CT molecular complexity index is 1000. The van der Waals surface area contributed by atoms with Gasteiger partial charge in [0.25, 0.3) is 0 Å². The number of allylic oxidation sites excluding steroid dienone is 4. The maximum Gasteiger partial charge on any atom is 0.306 e. The van der Waals surface area contributed by atoms with Gasteiger partial charge in [-0.25, -0.2) is 0 Å². The number of hydrogen-bond donors (Lipinski definition) is 0. The first kappa shape index (κ1) is 55.8. The molecule has 2 unspecified atom stereocenters. The van der Waals surface area contributed by atoms with Crippen molar-refractivity contribution in [3.05, 3.63) is 24.3 Å². The lowest BCUT2D eigenvalue weighted by Crippen LogP contribution is -2.55. The SMILES string of the molecule is CCCCC/C=C/C=C/CCCCCCCCC(=O)OCC(COCCC(C(=O)[O-])[N+](C)(C)C)OC(=O)CCCCCCCCCCCCCCCCCCCCC. The molecule has 58 heavy (non-hydrogen) atoms. The van der Waals surface area contributed by atoms with E-state index in [1.54, 1.807) is 21.1 Å². The Labute approximate surface area is 358 Å². The molecule has 0 saturated carbocycles. The van der Waals surface area contributed by atoms with Gasteiger partial charge in [-0.15, -0.1) is 0 Å². The van der Waals surface area contributed by atoms with Crippen LogP contribution in [-0.2, 0) is 28.6 Å². The first-order valence-corrected chi connectivity index (χ1v) is 24.4. The molecule has 0 bridgehead atoms. The average molecular weight is 820 g/mol. The molecule has 0 aromatic rings. The monoisotopic (exact) mass is 820 g/mol. The molecule has 8 heteroatoms. The van der Waals surface area contributed by atoms with E-state index >= 15 is 0 Å². The van der Waals surface area contributed by atoms with Crippen molar-refractivity contribution in [3.63, 3.8) is 0 Å². The molecule has 340 valence electrons. The largest absolute Gasteiger partial charge is 0.544 e. The number of quaternary nitrogens is 1. The Morgan fingerprint density at radius 3 is 1.33 bits per heavy atom. The number of ether oxygens (including phenoxy) is 3. The molecule has 0 rings (SSSR count). The highest BCUT2D eigenvalue weighted by molar-refractivity contribution is 5.70. The molecule has 0 amide bonds. The van der Waals surface area contributed by atoms with Crippen LogP contribution < -0.4 is 5.11 Å². The van der Waals surface area contributed by atoms with Gasteiger partial charge in [0, 0.05) is 19.3 Å². The van der Waals surface area contributed by atoms with Crippen LogP contribution in [0.1, 0.15) is 226 Å². The zero-order chi connectivity index (χ0) is 42.8. The summed E-state index contributed by atoms with van der Waals surface area (Å²) in [6.07, 6.45) is 46.3. The summed E-state index contributed by atoms with van der Waals surface area (Å²) in [7, 11) is 5.41. The highest BCUT2D eigenvalue weighted by Gasteiger charge is 2.25. The molecule has 8 nitrogen and oxygen atoms in total. The molecular formula is C50H93NO7. The van der Waals surface area contributed by atoms with Gasteiger partial charge in [-0.1, -0.05) is 192 Å². The molecule has 0 aromatic carbocycles. The Morgan fingerprint density at radius 1 is 0.517 bits per heavy atom. The molecule has 0 radical (unpaired) electrons. The number of nitrogens with zero attached hydrogens (tertiary/aromatic N) is 1. The minimum absolute atomic E-state index is 0.0412. The van der Waals surface area contributed by atoms with Gasteiger partial charge in [-0.3, -0.25) is 9.59 Å². The smallest absolute Gasteiger partial charge is 0.306 e. The Kier molecular flexibility index (Phi) is 40.0. The molecule has 0 aromatic heterocycles. The molecule has 0 fully saturated rings. The van der Waals surface area contributed by atoms with Gasteiger partial charge in [-0.2, -0.15) is 0 Å². The number of unbranched alkanes of at least 4 members (excludes halogenated alkanes) is 27. The van der Waals surface area contributed by atoms with Gasteiger partial charge in [0.15, 0.2) is 6.10 Å². The standard InChI is InChI=1S/C50H93NO7/c1-6-8-10-12-14-16-18-20-22-23-24-25-27-29-31-33-35-37-39-41-49(53)58-46(44-56-43-42-47(50(54)55)51(3,4)5)45-57-48(52)40-38-36-34-32-30-28-26-21-19-17-15-13-11-9-7-2/h15,17,19,21,46-47H,6-14,16,18,20,22-45H2,1-5H3/b17-15+,21-19+. The van der Waals surface area contributed by atoms with Gasteiger partial charge >= 0.3 is 11.9 Å². The quantitative estimate of drug-likeness (QED) is 0.0261. The van der Waals surface area contributed by atoms with Crippen molar-refractivity contribution in [3.8, 4) is 0 Å².